The van der Waals surface area contributed by atoms with E-state index in [4.69, 9.17) is 15.7 Å². The van der Waals surface area contributed by atoms with Crippen molar-refractivity contribution < 1.29 is 0 Å². The molecule has 0 fully saturated rings. The van der Waals surface area contributed by atoms with Gasteiger partial charge in [-0.15, -0.1) is 0 Å². The molecular weight excluding hydrogens is 246 g/mol. The van der Waals surface area contributed by atoms with Crippen LogP contribution < -0.4 is 5.73 Å². The largest absolute Gasteiger partial charge is 0.330 e. The minimum Gasteiger partial charge on any atom is -0.330 e. The van der Waals surface area contributed by atoms with Crippen LogP contribution in [0.5, 0.6) is 0 Å². The van der Waals surface area contributed by atoms with E-state index in [0.29, 0.717) is 6.54 Å². The molecule has 0 saturated heterocycles. The molecule has 2 N–H and O–H groups in total. The van der Waals surface area contributed by atoms with E-state index in [-0.39, 0.29) is 0 Å². The van der Waals surface area contributed by atoms with Crippen molar-refractivity contribution in [1.82, 2.24) is 9.97 Å². The summed E-state index contributed by atoms with van der Waals surface area (Å²) >= 11 is 0. The fraction of sp³-hybridized carbons (Fsp3) is 0.412. The third kappa shape index (κ3) is 2.59. The number of hydrogen-bond donors (Lipinski definition) is 1. The molecule has 20 heavy (non-hydrogen) atoms. The van der Waals surface area contributed by atoms with Gasteiger partial charge in [-0.25, -0.2) is 9.97 Å². The molecule has 1 aliphatic carbocycles. The second kappa shape index (κ2) is 5.71. The molecular formula is C17H21N3. The zero-order valence-electron chi connectivity index (χ0n) is 12.0. The van der Waals surface area contributed by atoms with E-state index in [1.165, 1.54) is 29.7 Å². The highest BCUT2D eigenvalue weighted by molar-refractivity contribution is 5.56. The van der Waals surface area contributed by atoms with Gasteiger partial charge in [0.1, 0.15) is 0 Å². The lowest BCUT2D eigenvalue weighted by Crippen LogP contribution is -2.10. The Morgan fingerprint density at radius 3 is 2.55 bits per heavy atom. The fourth-order valence-electron chi connectivity index (χ4n) is 2.90. The van der Waals surface area contributed by atoms with Crippen LogP contribution in [0.1, 0.15) is 35.4 Å². The Labute approximate surface area is 120 Å². The normalized spacial score (nSPS) is 14.1. The summed E-state index contributed by atoms with van der Waals surface area (Å²) in [7, 11) is 0. The molecule has 0 unspecified atom stereocenters. The van der Waals surface area contributed by atoms with Crippen molar-refractivity contribution in [3.63, 3.8) is 0 Å². The molecule has 3 rings (SSSR count). The number of benzene rings is 1. The maximum atomic E-state index is 5.58. The van der Waals surface area contributed by atoms with Gasteiger partial charge in [-0.1, -0.05) is 24.3 Å². The number of aromatic nitrogens is 2. The van der Waals surface area contributed by atoms with Crippen LogP contribution in [-0.4, -0.2) is 16.5 Å². The van der Waals surface area contributed by atoms with Gasteiger partial charge in [0.25, 0.3) is 0 Å². The van der Waals surface area contributed by atoms with E-state index in [2.05, 4.69) is 31.2 Å². The summed E-state index contributed by atoms with van der Waals surface area (Å²) in [6.45, 7) is 2.80. The van der Waals surface area contributed by atoms with Crippen LogP contribution in [0, 0.1) is 6.92 Å². The lowest BCUT2D eigenvalue weighted by molar-refractivity contribution is 0.658. The number of fused-ring (bicyclic) bond motifs is 1. The highest BCUT2D eigenvalue weighted by Gasteiger charge is 2.15. The lowest BCUT2D eigenvalue weighted by Gasteiger charge is -2.17. The summed E-state index contributed by atoms with van der Waals surface area (Å²) in [5, 5.41) is 0. The Morgan fingerprint density at radius 2 is 1.80 bits per heavy atom. The van der Waals surface area contributed by atoms with E-state index >= 15 is 0 Å². The zero-order valence-corrected chi connectivity index (χ0v) is 12.0. The molecule has 2 aromatic rings. The first-order valence-corrected chi connectivity index (χ1v) is 7.43. The van der Waals surface area contributed by atoms with Crippen molar-refractivity contribution >= 4 is 0 Å². The average molecular weight is 267 g/mol. The molecule has 1 aliphatic rings. The molecule has 0 bridgehead atoms. The first-order chi connectivity index (χ1) is 9.78. The van der Waals surface area contributed by atoms with E-state index in [9.17, 15) is 0 Å². The van der Waals surface area contributed by atoms with E-state index < -0.39 is 0 Å². The van der Waals surface area contributed by atoms with Crippen molar-refractivity contribution in [3.05, 3.63) is 46.8 Å². The van der Waals surface area contributed by atoms with Gasteiger partial charge in [-0.3, -0.25) is 0 Å². The first-order valence-electron chi connectivity index (χ1n) is 7.43. The molecule has 3 heteroatoms. The Balaban J connectivity index is 1.95. The fourth-order valence-corrected chi connectivity index (χ4v) is 2.90. The quantitative estimate of drug-likeness (QED) is 0.930. The molecule has 0 spiro atoms. The highest BCUT2D eigenvalue weighted by Crippen LogP contribution is 2.25. The molecule has 1 heterocycles. The van der Waals surface area contributed by atoms with Crippen molar-refractivity contribution in [2.24, 2.45) is 5.73 Å². The van der Waals surface area contributed by atoms with Gasteiger partial charge in [0, 0.05) is 17.0 Å². The topological polar surface area (TPSA) is 51.8 Å². The number of nitrogens with two attached hydrogens (primary N) is 1. The van der Waals surface area contributed by atoms with Gasteiger partial charge >= 0.3 is 0 Å². The van der Waals surface area contributed by atoms with Gasteiger partial charge in [0.2, 0.25) is 0 Å². The third-order valence-corrected chi connectivity index (χ3v) is 4.04. The lowest BCUT2D eigenvalue weighted by atomic mass is 9.95. The second-order valence-corrected chi connectivity index (χ2v) is 5.50. The minimum absolute atomic E-state index is 0.688. The van der Waals surface area contributed by atoms with Crippen molar-refractivity contribution in [2.45, 2.75) is 39.0 Å². The summed E-state index contributed by atoms with van der Waals surface area (Å²) in [6.07, 6.45) is 5.67. The maximum absolute atomic E-state index is 5.58. The summed E-state index contributed by atoms with van der Waals surface area (Å²) in [5.74, 6) is 0.863. The van der Waals surface area contributed by atoms with Crippen LogP contribution in [0.3, 0.4) is 0 Å². The molecule has 104 valence electrons. The molecule has 0 amide bonds. The first kappa shape index (κ1) is 13.3. The second-order valence-electron chi connectivity index (χ2n) is 5.50. The van der Waals surface area contributed by atoms with Gasteiger partial charge in [-0.05, 0) is 56.7 Å². The Morgan fingerprint density at radius 1 is 1.05 bits per heavy atom. The zero-order chi connectivity index (χ0) is 13.9. The average Bonchev–Trinajstić information content (AvgIpc) is 2.48. The Bertz CT molecular complexity index is 602. The van der Waals surface area contributed by atoms with Gasteiger partial charge in [0.05, 0.1) is 0 Å². The summed E-state index contributed by atoms with van der Waals surface area (Å²) < 4.78 is 0. The maximum Gasteiger partial charge on any atom is 0.159 e. The molecule has 1 aromatic carbocycles. The van der Waals surface area contributed by atoms with E-state index in [1.807, 2.05) is 0 Å². The van der Waals surface area contributed by atoms with Crippen molar-refractivity contribution in [3.8, 4) is 11.4 Å². The predicted octanol–water partition coefficient (Wildman–Crippen LogP) is 2.83. The smallest absolute Gasteiger partial charge is 0.159 e. The Hall–Kier alpha value is -1.74. The molecule has 0 atom stereocenters. The number of hydrogen-bond acceptors (Lipinski definition) is 3. The highest BCUT2D eigenvalue weighted by atomic mass is 14.9. The number of nitrogens with zero attached hydrogens (tertiary/aromatic N) is 2. The number of aryl methyl sites for hydroxylation is 2. The van der Waals surface area contributed by atoms with Crippen LogP contribution in [0.4, 0.5) is 0 Å². The Kier molecular flexibility index (Phi) is 3.79. The SMILES string of the molecule is Cc1nc(-c2ccc(CCN)cc2)nc2c1CCCC2. The van der Waals surface area contributed by atoms with Crippen molar-refractivity contribution in [2.75, 3.05) is 6.54 Å². The molecule has 1 aromatic heterocycles. The summed E-state index contributed by atoms with van der Waals surface area (Å²) in [5.41, 5.74) is 11.7. The van der Waals surface area contributed by atoms with Gasteiger partial charge in [-0.2, -0.15) is 0 Å². The van der Waals surface area contributed by atoms with Gasteiger partial charge < -0.3 is 5.73 Å². The predicted molar refractivity (Wildman–Crippen MR) is 81.6 cm³/mol. The third-order valence-electron chi connectivity index (χ3n) is 4.04. The summed E-state index contributed by atoms with van der Waals surface area (Å²) in [6, 6.07) is 8.46. The van der Waals surface area contributed by atoms with Gasteiger partial charge in [0.15, 0.2) is 5.82 Å². The monoisotopic (exact) mass is 267 g/mol. The molecule has 3 nitrogen and oxygen atoms in total. The van der Waals surface area contributed by atoms with E-state index in [0.717, 1.165) is 36.3 Å². The van der Waals surface area contributed by atoms with Crippen LogP contribution >= 0.6 is 0 Å². The van der Waals surface area contributed by atoms with Crippen LogP contribution in [-0.2, 0) is 19.3 Å². The molecule has 0 saturated carbocycles. The van der Waals surface area contributed by atoms with Crippen LogP contribution in [0.25, 0.3) is 11.4 Å². The minimum atomic E-state index is 0.688. The number of rotatable bonds is 3. The van der Waals surface area contributed by atoms with E-state index in [1.54, 1.807) is 0 Å². The van der Waals surface area contributed by atoms with Crippen LogP contribution in [0.15, 0.2) is 24.3 Å². The standard InChI is InChI=1S/C17H21N3/c1-12-15-4-2-3-5-16(15)20-17(19-12)14-8-6-13(7-9-14)10-11-18/h6-9H,2-5,10-11,18H2,1H3. The summed E-state index contributed by atoms with van der Waals surface area (Å²) in [4.78, 5) is 9.48. The van der Waals surface area contributed by atoms with Crippen LogP contribution in [0.2, 0.25) is 0 Å². The molecule has 0 radical (unpaired) electrons. The van der Waals surface area contributed by atoms with Crippen molar-refractivity contribution in [1.29, 1.82) is 0 Å². The molecule has 0 aliphatic heterocycles.